The number of aliphatic hydroxyl groups is 1. The monoisotopic (exact) mass is 376 g/mol. The molecular weight excluding hydrogens is 348 g/mol. The molecule has 1 rings (SSSR count). The molecular formula is C21H28O6. The molecule has 6 nitrogen and oxygen atoms in total. The van der Waals surface area contributed by atoms with Crippen molar-refractivity contribution in [2.24, 2.45) is 0 Å². The van der Waals surface area contributed by atoms with E-state index in [-0.39, 0.29) is 12.8 Å². The van der Waals surface area contributed by atoms with Crippen molar-refractivity contribution in [3.05, 3.63) is 54.1 Å². The lowest BCUT2D eigenvalue weighted by molar-refractivity contribution is -0.138. The van der Waals surface area contributed by atoms with E-state index in [9.17, 15) is 14.7 Å². The van der Waals surface area contributed by atoms with Gasteiger partial charge in [-0.3, -0.25) is 0 Å². The van der Waals surface area contributed by atoms with Gasteiger partial charge in [0, 0.05) is 18.6 Å². The summed E-state index contributed by atoms with van der Waals surface area (Å²) in [5.41, 5.74) is -0.302. The van der Waals surface area contributed by atoms with Gasteiger partial charge < -0.3 is 19.3 Å². The minimum Gasteiger partial charge on any atom is -0.497 e. The molecule has 1 aromatic rings. The van der Waals surface area contributed by atoms with Gasteiger partial charge in [-0.05, 0) is 44.4 Å². The van der Waals surface area contributed by atoms with E-state index < -0.39 is 17.5 Å². The molecule has 0 aliphatic carbocycles. The lowest BCUT2D eigenvalue weighted by atomic mass is 9.87. The van der Waals surface area contributed by atoms with Crippen molar-refractivity contribution >= 4 is 11.9 Å². The van der Waals surface area contributed by atoms with E-state index in [0.29, 0.717) is 25.4 Å². The third kappa shape index (κ3) is 9.06. The molecule has 148 valence electrons. The Labute approximate surface area is 160 Å². The molecule has 1 N–H and O–H groups in total. The van der Waals surface area contributed by atoms with Gasteiger partial charge in [0.15, 0.2) is 0 Å². The van der Waals surface area contributed by atoms with Gasteiger partial charge >= 0.3 is 11.9 Å². The van der Waals surface area contributed by atoms with E-state index in [1.807, 2.05) is 24.3 Å². The zero-order valence-corrected chi connectivity index (χ0v) is 16.1. The maximum atomic E-state index is 11.5. The van der Waals surface area contributed by atoms with Gasteiger partial charge in [-0.2, -0.15) is 0 Å². The number of carbonyl (C=O) groups excluding carboxylic acids is 2. The molecule has 0 aliphatic heterocycles. The van der Waals surface area contributed by atoms with Crippen molar-refractivity contribution in [3.8, 4) is 5.75 Å². The van der Waals surface area contributed by atoms with Crippen LogP contribution in [0.3, 0.4) is 0 Å². The molecule has 1 aromatic carbocycles. The van der Waals surface area contributed by atoms with E-state index in [4.69, 9.17) is 14.2 Å². The van der Waals surface area contributed by atoms with E-state index >= 15 is 0 Å². The van der Waals surface area contributed by atoms with Crippen molar-refractivity contribution in [2.75, 3.05) is 20.3 Å². The first kappa shape index (κ1) is 22.4. The maximum absolute atomic E-state index is 11.5. The topological polar surface area (TPSA) is 82.1 Å². The summed E-state index contributed by atoms with van der Waals surface area (Å²) < 4.78 is 14.9. The van der Waals surface area contributed by atoms with Crippen LogP contribution < -0.4 is 4.74 Å². The largest absolute Gasteiger partial charge is 0.497 e. The summed E-state index contributed by atoms with van der Waals surface area (Å²) >= 11 is 0. The minimum absolute atomic E-state index is 0.218. The van der Waals surface area contributed by atoms with E-state index in [0.717, 1.165) is 5.56 Å². The molecule has 0 unspecified atom stereocenters. The van der Waals surface area contributed by atoms with Crippen LogP contribution in [0.1, 0.15) is 32.3 Å². The fourth-order valence-corrected chi connectivity index (χ4v) is 2.52. The van der Waals surface area contributed by atoms with Crippen LogP contribution in [-0.4, -0.2) is 43.0 Å². The Hall–Kier alpha value is -2.60. The number of carbonyl (C=O) groups is 2. The lowest BCUT2D eigenvalue weighted by Crippen LogP contribution is -2.30. The first-order valence-electron chi connectivity index (χ1n) is 8.94. The molecule has 0 spiro atoms. The number of methoxy groups -OCH3 is 1. The predicted octanol–water partition coefficient (Wildman–Crippen LogP) is 2.99. The molecule has 6 heteroatoms. The van der Waals surface area contributed by atoms with Crippen LogP contribution in [0.15, 0.2) is 48.6 Å². The molecule has 0 fully saturated rings. The second-order valence-corrected chi connectivity index (χ2v) is 5.97. The Morgan fingerprint density at radius 3 is 2.07 bits per heavy atom. The highest BCUT2D eigenvalue weighted by Crippen LogP contribution is 2.25. The van der Waals surface area contributed by atoms with Crippen LogP contribution in [0.4, 0.5) is 0 Å². The summed E-state index contributed by atoms with van der Waals surface area (Å²) in [6.45, 7) is 4.04. The Bertz CT molecular complexity index is 632. The Morgan fingerprint density at radius 2 is 1.59 bits per heavy atom. The highest BCUT2D eigenvalue weighted by Gasteiger charge is 2.25. The first-order valence-corrected chi connectivity index (χ1v) is 8.94. The molecule has 0 aliphatic rings. The molecule has 0 saturated carbocycles. The van der Waals surface area contributed by atoms with E-state index in [1.165, 1.54) is 12.2 Å². The number of rotatable bonds is 11. The average molecular weight is 376 g/mol. The van der Waals surface area contributed by atoms with Crippen LogP contribution >= 0.6 is 0 Å². The van der Waals surface area contributed by atoms with Gasteiger partial charge in [-0.15, -0.1) is 0 Å². The molecule has 0 radical (unpaired) electrons. The van der Waals surface area contributed by atoms with Crippen molar-refractivity contribution in [1.82, 2.24) is 0 Å². The fraction of sp³-hybridized carbons (Fsp3) is 0.429. The van der Waals surface area contributed by atoms with Crippen molar-refractivity contribution in [3.63, 3.8) is 0 Å². The van der Waals surface area contributed by atoms with Crippen molar-refractivity contribution in [1.29, 1.82) is 0 Å². The summed E-state index contributed by atoms with van der Waals surface area (Å²) in [5.74, 6) is -0.217. The predicted molar refractivity (Wildman–Crippen MR) is 102 cm³/mol. The summed E-state index contributed by atoms with van der Waals surface area (Å²) in [7, 11) is 1.58. The van der Waals surface area contributed by atoms with Crippen LogP contribution in [0.25, 0.3) is 0 Å². The second kappa shape index (κ2) is 11.9. The van der Waals surface area contributed by atoms with Crippen LogP contribution in [0.5, 0.6) is 5.75 Å². The van der Waals surface area contributed by atoms with Crippen LogP contribution in [0.2, 0.25) is 0 Å². The number of esters is 2. The molecule has 0 heterocycles. The normalized spacial score (nSPS) is 11.7. The molecule has 0 bridgehead atoms. The Morgan fingerprint density at radius 1 is 1.04 bits per heavy atom. The summed E-state index contributed by atoms with van der Waals surface area (Å²) in [6.07, 6.45) is 6.52. The Balaban J connectivity index is 2.88. The number of hydrogen-bond acceptors (Lipinski definition) is 6. The first-order chi connectivity index (χ1) is 12.9. The standard InChI is InChI=1S/C21H28O6/c1-4-26-19(22)11-7-13-21(24,14-8-12-20(23)27-5-2)16-17-9-6-10-18(15-17)25-3/h6-12,15,24H,4-5,13-14,16H2,1-3H3/b11-7+,12-8+. The van der Waals surface area contributed by atoms with Crippen molar-refractivity contribution in [2.45, 2.75) is 38.7 Å². The van der Waals surface area contributed by atoms with Gasteiger partial charge in [0.2, 0.25) is 0 Å². The average Bonchev–Trinajstić information content (AvgIpc) is 2.62. The van der Waals surface area contributed by atoms with Crippen LogP contribution in [0, 0.1) is 0 Å². The Kier molecular flexibility index (Phi) is 9.90. The number of benzene rings is 1. The molecule has 27 heavy (non-hydrogen) atoms. The molecule has 0 saturated heterocycles. The second-order valence-electron chi connectivity index (χ2n) is 5.97. The van der Waals surface area contributed by atoms with Gasteiger partial charge in [-0.25, -0.2) is 9.59 Å². The number of ether oxygens (including phenoxy) is 3. The third-order valence-corrected chi connectivity index (χ3v) is 3.74. The highest BCUT2D eigenvalue weighted by atomic mass is 16.5. The van der Waals surface area contributed by atoms with Gasteiger partial charge in [0.05, 0.1) is 25.9 Å². The van der Waals surface area contributed by atoms with Gasteiger partial charge in [0.1, 0.15) is 5.75 Å². The summed E-state index contributed by atoms with van der Waals surface area (Å²) in [5, 5.41) is 11.1. The third-order valence-electron chi connectivity index (χ3n) is 3.74. The fourth-order valence-electron chi connectivity index (χ4n) is 2.52. The SMILES string of the molecule is CCOC(=O)/C=C/CC(O)(C/C=C/C(=O)OCC)Cc1cccc(OC)c1. The summed E-state index contributed by atoms with van der Waals surface area (Å²) in [6, 6.07) is 7.40. The van der Waals surface area contributed by atoms with Gasteiger partial charge in [-0.1, -0.05) is 24.3 Å². The maximum Gasteiger partial charge on any atom is 0.330 e. The molecule has 0 aromatic heterocycles. The minimum atomic E-state index is -1.18. The quantitative estimate of drug-likeness (QED) is 0.472. The van der Waals surface area contributed by atoms with E-state index in [1.54, 1.807) is 33.1 Å². The molecule has 0 amide bonds. The smallest absolute Gasteiger partial charge is 0.330 e. The lowest BCUT2D eigenvalue weighted by Gasteiger charge is -2.26. The van der Waals surface area contributed by atoms with Gasteiger partial charge in [0.25, 0.3) is 0 Å². The van der Waals surface area contributed by atoms with Crippen LogP contribution in [-0.2, 0) is 25.5 Å². The summed E-state index contributed by atoms with van der Waals surface area (Å²) in [4.78, 5) is 22.9. The zero-order valence-electron chi connectivity index (χ0n) is 16.1. The van der Waals surface area contributed by atoms with E-state index in [2.05, 4.69) is 0 Å². The van der Waals surface area contributed by atoms with Crippen molar-refractivity contribution < 1.29 is 28.9 Å². The highest BCUT2D eigenvalue weighted by molar-refractivity contribution is 5.82. The zero-order chi connectivity index (χ0) is 20.1. The number of hydrogen-bond donors (Lipinski definition) is 1. The molecule has 0 atom stereocenters.